The van der Waals surface area contributed by atoms with E-state index in [1.54, 1.807) is 11.3 Å². The summed E-state index contributed by atoms with van der Waals surface area (Å²) in [6, 6.07) is 0. The number of rotatable bonds is 4. The van der Waals surface area contributed by atoms with Crippen molar-refractivity contribution in [1.29, 1.82) is 0 Å². The van der Waals surface area contributed by atoms with E-state index in [9.17, 15) is 4.21 Å². The zero-order valence-electron chi connectivity index (χ0n) is 9.34. The predicted octanol–water partition coefficient (Wildman–Crippen LogP) is 1.38. The summed E-state index contributed by atoms with van der Waals surface area (Å²) in [6.45, 7) is 3.77. The Morgan fingerprint density at radius 3 is 3.00 bits per heavy atom. The fourth-order valence-electron chi connectivity index (χ4n) is 1.48. The Hall–Kier alpha value is -0.720. The molecule has 2 N–H and O–H groups in total. The Kier molecular flexibility index (Phi) is 3.14. The summed E-state index contributed by atoms with van der Waals surface area (Å²) in [4.78, 5) is 5.33. The van der Waals surface area contributed by atoms with Crippen molar-refractivity contribution < 1.29 is 4.21 Å². The Balaban J connectivity index is 2.05. The second-order valence-electron chi connectivity index (χ2n) is 4.54. The Bertz CT molecular complexity index is 481. The molecule has 0 saturated heterocycles. The third-order valence-electron chi connectivity index (χ3n) is 1.99. The van der Waals surface area contributed by atoms with Gasteiger partial charge in [-0.15, -0.1) is 11.3 Å². The molecule has 16 heavy (non-hydrogen) atoms. The first kappa shape index (κ1) is 11.8. The number of aromatic nitrogens is 2. The minimum atomic E-state index is -0.947. The smallest absolute Gasteiger partial charge is 0.193 e. The number of fused-ring (bicyclic) bond motifs is 1. The minimum absolute atomic E-state index is 0.387. The van der Waals surface area contributed by atoms with Crippen LogP contribution in [0.25, 0.3) is 4.96 Å². The maximum atomic E-state index is 11.8. The summed E-state index contributed by atoms with van der Waals surface area (Å²) in [5.41, 5.74) is 6.31. The van der Waals surface area contributed by atoms with Gasteiger partial charge in [-0.2, -0.15) is 0 Å². The van der Waals surface area contributed by atoms with Crippen molar-refractivity contribution in [2.75, 3.05) is 5.75 Å². The van der Waals surface area contributed by atoms with Crippen LogP contribution in [-0.4, -0.2) is 24.9 Å². The van der Waals surface area contributed by atoms with Crippen LogP contribution in [0.3, 0.4) is 0 Å². The summed E-state index contributed by atoms with van der Waals surface area (Å²) in [5.74, 6) is 0.979. The molecule has 0 radical (unpaired) electrons. The molecule has 0 aliphatic rings. The molecule has 2 aromatic rings. The molecule has 0 aliphatic carbocycles. The van der Waals surface area contributed by atoms with Crippen molar-refractivity contribution in [3.8, 4) is 0 Å². The number of thiazole rings is 1. The third kappa shape index (κ3) is 2.90. The molecule has 0 aromatic carbocycles. The monoisotopic (exact) mass is 257 g/mol. The molecular formula is C10H15N3OS2. The molecule has 6 heteroatoms. The molecule has 0 bridgehead atoms. The molecule has 0 saturated carbocycles. The molecule has 4 nitrogen and oxygen atoms in total. The van der Waals surface area contributed by atoms with Gasteiger partial charge >= 0.3 is 0 Å². The zero-order valence-corrected chi connectivity index (χ0v) is 11.0. The van der Waals surface area contributed by atoms with Crippen LogP contribution in [0.5, 0.6) is 0 Å². The lowest BCUT2D eigenvalue weighted by Gasteiger charge is -2.16. The van der Waals surface area contributed by atoms with Gasteiger partial charge in [0.2, 0.25) is 0 Å². The lowest BCUT2D eigenvalue weighted by molar-refractivity contribution is 0.577. The maximum absolute atomic E-state index is 11.8. The third-order valence-corrected chi connectivity index (χ3v) is 4.44. The summed E-state index contributed by atoms with van der Waals surface area (Å²) >= 11 is 1.58. The first-order valence-corrected chi connectivity index (χ1v) is 7.36. The molecule has 1 atom stereocenters. The molecule has 2 rings (SSSR count). The van der Waals surface area contributed by atoms with Gasteiger partial charge < -0.3 is 5.73 Å². The van der Waals surface area contributed by atoms with Crippen LogP contribution < -0.4 is 5.73 Å². The summed E-state index contributed by atoms with van der Waals surface area (Å²) in [6.07, 6.45) is 3.87. The number of nitrogens with zero attached hydrogens (tertiary/aromatic N) is 2. The van der Waals surface area contributed by atoms with Crippen molar-refractivity contribution in [3.63, 3.8) is 0 Å². The topological polar surface area (TPSA) is 60.4 Å². The van der Waals surface area contributed by atoms with Crippen molar-refractivity contribution in [2.24, 2.45) is 5.73 Å². The summed E-state index contributed by atoms with van der Waals surface area (Å²) < 4.78 is 13.8. The van der Waals surface area contributed by atoms with E-state index >= 15 is 0 Å². The number of hydrogen-bond acceptors (Lipinski definition) is 4. The van der Waals surface area contributed by atoms with E-state index in [1.807, 2.05) is 36.0 Å². The Morgan fingerprint density at radius 2 is 2.38 bits per heavy atom. The normalized spacial score (nSPS) is 14.4. The SMILES string of the molecule is CC(C)(N)CS(=O)Cc1cn2ccsc2n1. The maximum Gasteiger partial charge on any atom is 0.193 e. The van der Waals surface area contributed by atoms with Gasteiger partial charge in [-0.05, 0) is 13.8 Å². The van der Waals surface area contributed by atoms with Gasteiger partial charge in [0.25, 0.3) is 0 Å². The van der Waals surface area contributed by atoms with Crippen LogP contribution in [0.1, 0.15) is 19.5 Å². The first-order valence-electron chi connectivity index (χ1n) is 4.99. The number of nitrogens with two attached hydrogens (primary N) is 1. The molecule has 0 amide bonds. The van der Waals surface area contributed by atoms with Gasteiger partial charge in [-0.3, -0.25) is 8.61 Å². The van der Waals surface area contributed by atoms with Crippen molar-refractivity contribution >= 4 is 27.1 Å². The van der Waals surface area contributed by atoms with Crippen LogP contribution in [0.2, 0.25) is 0 Å². The lowest BCUT2D eigenvalue weighted by atomic mass is 10.1. The van der Waals surface area contributed by atoms with E-state index in [1.165, 1.54) is 0 Å². The molecule has 88 valence electrons. The van der Waals surface area contributed by atoms with Gasteiger partial charge in [0.05, 0.1) is 11.4 Å². The van der Waals surface area contributed by atoms with Crippen LogP contribution in [0.4, 0.5) is 0 Å². The van der Waals surface area contributed by atoms with Crippen LogP contribution >= 0.6 is 11.3 Å². The van der Waals surface area contributed by atoms with Crippen molar-refractivity contribution in [2.45, 2.75) is 25.1 Å². The van der Waals surface area contributed by atoms with Gasteiger partial charge in [-0.1, -0.05) is 0 Å². The highest BCUT2D eigenvalue weighted by atomic mass is 32.2. The van der Waals surface area contributed by atoms with E-state index in [4.69, 9.17) is 5.73 Å². The highest BCUT2D eigenvalue weighted by molar-refractivity contribution is 7.84. The average molecular weight is 257 g/mol. The summed E-state index contributed by atoms with van der Waals surface area (Å²) in [5, 5.41) is 1.98. The van der Waals surface area contributed by atoms with Gasteiger partial charge in [0, 0.05) is 39.9 Å². The molecule has 1 unspecified atom stereocenters. The fourth-order valence-corrected chi connectivity index (χ4v) is 3.60. The van der Waals surface area contributed by atoms with Crippen LogP contribution in [0.15, 0.2) is 17.8 Å². The second-order valence-corrected chi connectivity index (χ2v) is 6.87. The van der Waals surface area contributed by atoms with Crippen LogP contribution in [0, 0.1) is 0 Å². The quantitative estimate of drug-likeness (QED) is 0.900. The Morgan fingerprint density at radius 1 is 1.62 bits per heavy atom. The average Bonchev–Trinajstić information content (AvgIpc) is 2.58. The van der Waals surface area contributed by atoms with E-state index < -0.39 is 10.8 Å². The molecular weight excluding hydrogens is 242 g/mol. The zero-order chi connectivity index (χ0) is 11.8. The van der Waals surface area contributed by atoms with Gasteiger partial charge in [-0.25, -0.2) is 4.98 Å². The first-order chi connectivity index (χ1) is 7.44. The molecule has 0 spiro atoms. The van der Waals surface area contributed by atoms with E-state index in [-0.39, 0.29) is 5.54 Å². The lowest BCUT2D eigenvalue weighted by Crippen LogP contribution is -2.38. The molecule has 0 aliphatic heterocycles. The number of hydrogen-bond donors (Lipinski definition) is 1. The second kappa shape index (κ2) is 4.27. The molecule has 2 heterocycles. The van der Waals surface area contributed by atoms with Gasteiger partial charge in [0.15, 0.2) is 4.96 Å². The van der Waals surface area contributed by atoms with Crippen molar-refractivity contribution in [3.05, 3.63) is 23.5 Å². The number of imidazole rings is 1. The highest BCUT2D eigenvalue weighted by Crippen LogP contribution is 2.13. The summed E-state index contributed by atoms with van der Waals surface area (Å²) in [7, 11) is -0.947. The van der Waals surface area contributed by atoms with E-state index in [2.05, 4.69) is 4.98 Å². The van der Waals surface area contributed by atoms with Crippen LogP contribution in [-0.2, 0) is 16.6 Å². The molecule has 2 aromatic heterocycles. The minimum Gasteiger partial charge on any atom is -0.325 e. The highest BCUT2D eigenvalue weighted by Gasteiger charge is 2.16. The predicted molar refractivity (Wildman–Crippen MR) is 68.0 cm³/mol. The fraction of sp³-hybridized carbons (Fsp3) is 0.500. The molecule has 0 fully saturated rings. The van der Waals surface area contributed by atoms with Crippen molar-refractivity contribution in [1.82, 2.24) is 9.38 Å². The largest absolute Gasteiger partial charge is 0.325 e. The standard InChI is InChI=1S/C10H15N3OS2/c1-10(2,11)7-16(14)6-8-5-13-3-4-15-9(13)12-8/h3-5H,6-7,11H2,1-2H3. The van der Waals surface area contributed by atoms with E-state index in [0.29, 0.717) is 11.5 Å². The van der Waals surface area contributed by atoms with Gasteiger partial charge in [0.1, 0.15) is 0 Å². The van der Waals surface area contributed by atoms with E-state index in [0.717, 1.165) is 10.7 Å². The Labute approximate surface area is 101 Å².